The van der Waals surface area contributed by atoms with Gasteiger partial charge in [-0.05, 0) is 51.1 Å². The third-order valence-electron chi connectivity index (χ3n) is 6.47. The summed E-state index contributed by atoms with van der Waals surface area (Å²) in [5.41, 5.74) is 3.15. The first-order valence-electron chi connectivity index (χ1n) is 12.2. The second-order valence-corrected chi connectivity index (χ2v) is 9.16. The second kappa shape index (κ2) is 10.7. The van der Waals surface area contributed by atoms with E-state index in [0.29, 0.717) is 40.4 Å². The van der Waals surface area contributed by atoms with Gasteiger partial charge in [0.1, 0.15) is 11.9 Å². The maximum Gasteiger partial charge on any atom is 0.259 e. The summed E-state index contributed by atoms with van der Waals surface area (Å²) in [6.07, 6.45) is 9.44. The van der Waals surface area contributed by atoms with Crippen LogP contribution in [-0.2, 0) is 4.79 Å². The Morgan fingerprint density at radius 2 is 1.89 bits per heavy atom. The first kappa shape index (κ1) is 25.0. The highest BCUT2D eigenvalue weighted by molar-refractivity contribution is 6.09. The molecule has 10 nitrogen and oxygen atoms in total. The summed E-state index contributed by atoms with van der Waals surface area (Å²) in [6, 6.07) is 7.68. The standard InChI is InChI=1S/C27H25FN8O2/c1-17-23(10-20(12-30-17)33-26(37)16-35-7-3-2-4-8-35)34-27(38)21-13-32-36-15-24(31-14-25(21)36)18-5-6-19(11-29)22(28)9-18/h5-6,9-10,12-15H,2-4,7-8,16H2,1H3,(H,33,37)(H,34,38). The van der Waals surface area contributed by atoms with Crippen LogP contribution in [0.5, 0.6) is 0 Å². The molecular weight excluding hydrogens is 487 g/mol. The number of nitriles is 1. The number of amides is 2. The minimum atomic E-state index is -0.638. The van der Waals surface area contributed by atoms with E-state index >= 15 is 0 Å². The van der Waals surface area contributed by atoms with Crippen molar-refractivity contribution in [1.82, 2.24) is 24.5 Å². The minimum absolute atomic E-state index is 0.0525. The summed E-state index contributed by atoms with van der Waals surface area (Å²) < 4.78 is 15.5. The number of nitrogens with zero attached hydrogens (tertiary/aromatic N) is 6. The lowest BCUT2D eigenvalue weighted by Gasteiger charge is -2.25. The van der Waals surface area contributed by atoms with Crippen molar-refractivity contribution in [1.29, 1.82) is 5.26 Å². The number of likely N-dealkylation sites (tertiary alicyclic amines) is 1. The van der Waals surface area contributed by atoms with Crippen LogP contribution in [0.2, 0.25) is 0 Å². The molecule has 0 unspecified atom stereocenters. The van der Waals surface area contributed by atoms with Crippen molar-refractivity contribution in [2.24, 2.45) is 0 Å². The van der Waals surface area contributed by atoms with Gasteiger partial charge >= 0.3 is 0 Å². The van der Waals surface area contributed by atoms with Gasteiger partial charge in [-0.1, -0.05) is 12.5 Å². The molecule has 38 heavy (non-hydrogen) atoms. The molecule has 1 aromatic carbocycles. The smallest absolute Gasteiger partial charge is 0.259 e. The lowest BCUT2D eigenvalue weighted by molar-refractivity contribution is -0.117. The Bertz CT molecular complexity index is 1570. The minimum Gasteiger partial charge on any atom is -0.324 e. The lowest BCUT2D eigenvalue weighted by atomic mass is 10.1. The van der Waals surface area contributed by atoms with E-state index in [4.69, 9.17) is 5.26 Å². The largest absolute Gasteiger partial charge is 0.324 e. The van der Waals surface area contributed by atoms with Crippen LogP contribution in [0.25, 0.3) is 16.8 Å². The van der Waals surface area contributed by atoms with Crippen molar-refractivity contribution in [2.75, 3.05) is 30.3 Å². The number of aryl methyl sites for hydroxylation is 1. The van der Waals surface area contributed by atoms with Gasteiger partial charge in [0.2, 0.25) is 5.91 Å². The number of fused-ring (bicyclic) bond motifs is 1. The van der Waals surface area contributed by atoms with Crippen LogP contribution in [0.15, 0.2) is 49.1 Å². The zero-order valence-electron chi connectivity index (χ0n) is 20.7. The lowest BCUT2D eigenvalue weighted by Crippen LogP contribution is -2.36. The molecule has 1 saturated heterocycles. The second-order valence-electron chi connectivity index (χ2n) is 9.16. The molecule has 0 spiro atoms. The van der Waals surface area contributed by atoms with Crippen LogP contribution in [0.4, 0.5) is 15.8 Å². The van der Waals surface area contributed by atoms with E-state index < -0.39 is 11.7 Å². The normalized spacial score (nSPS) is 13.7. The van der Waals surface area contributed by atoms with Crippen molar-refractivity contribution in [3.05, 3.63) is 71.7 Å². The zero-order valence-corrected chi connectivity index (χ0v) is 20.7. The Labute approximate surface area is 218 Å². The highest BCUT2D eigenvalue weighted by Gasteiger charge is 2.18. The van der Waals surface area contributed by atoms with Gasteiger partial charge in [-0.15, -0.1) is 0 Å². The van der Waals surface area contributed by atoms with Gasteiger partial charge in [0, 0.05) is 5.56 Å². The topological polar surface area (TPSA) is 128 Å². The number of aromatic nitrogens is 4. The predicted octanol–water partition coefficient (Wildman–Crippen LogP) is 3.79. The van der Waals surface area contributed by atoms with Gasteiger partial charge in [0.15, 0.2) is 0 Å². The molecule has 2 N–H and O–H groups in total. The first-order chi connectivity index (χ1) is 18.4. The number of piperidine rings is 1. The molecule has 5 rings (SSSR count). The van der Waals surface area contributed by atoms with Crippen LogP contribution >= 0.6 is 0 Å². The molecule has 2 amide bonds. The number of halogens is 1. The first-order valence-corrected chi connectivity index (χ1v) is 12.2. The third kappa shape index (κ3) is 5.35. The summed E-state index contributed by atoms with van der Waals surface area (Å²) in [5, 5.41) is 18.9. The molecule has 0 atom stereocenters. The Kier molecular flexibility index (Phi) is 7.06. The third-order valence-corrected chi connectivity index (χ3v) is 6.47. The van der Waals surface area contributed by atoms with Gasteiger partial charge in [-0.3, -0.25) is 24.5 Å². The molecule has 0 saturated carbocycles. The van der Waals surface area contributed by atoms with E-state index in [1.165, 1.54) is 35.5 Å². The summed E-state index contributed by atoms with van der Waals surface area (Å²) in [6.45, 7) is 3.92. The van der Waals surface area contributed by atoms with Gasteiger partial charge in [-0.25, -0.2) is 8.91 Å². The van der Waals surface area contributed by atoms with Crippen LogP contribution < -0.4 is 10.6 Å². The van der Waals surface area contributed by atoms with Gasteiger partial charge in [-0.2, -0.15) is 10.4 Å². The number of carbonyl (C=O) groups excluding carboxylic acids is 2. The van der Waals surface area contributed by atoms with Crippen molar-refractivity contribution in [2.45, 2.75) is 26.2 Å². The van der Waals surface area contributed by atoms with E-state index in [2.05, 4.69) is 30.6 Å². The van der Waals surface area contributed by atoms with E-state index in [1.54, 1.807) is 37.5 Å². The predicted molar refractivity (Wildman–Crippen MR) is 139 cm³/mol. The fraction of sp³-hybridized carbons (Fsp3) is 0.259. The van der Waals surface area contributed by atoms with E-state index in [9.17, 15) is 14.0 Å². The molecule has 1 aliphatic heterocycles. The van der Waals surface area contributed by atoms with Crippen molar-refractivity contribution < 1.29 is 14.0 Å². The molecule has 1 aliphatic rings. The summed E-state index contributed by atoms with van der Waals surface area (Å²) >= 11 is 0. The van der Waals surface area contributed by atoms with Crippen LogP contribution in [0.1, 0.15) is 40.9 Å². The van der Waals surface area contributed by atoms with Crippen molar-refractivity contribution >= 4 is 28.7 Å². The molecule has 0 bridgehead atoms. The Balaban J connectivity index is 1.31. The molecule has 0 radical (unpaired) electrons. The molecule has 1 fully saturated rings. The molecule has 4 aromatic rings. The number of hydrogen-bond donors (Lipinski definition) is 2. The maximum atomic E-state index is 14.0. The van der Waals surface area contributed by atoms with Crippen LogP contribution in [0.3, 0.4) is 0 Å². The van der Waals surface area contributed by atoms with Crippen molar-refractivity contribution in [3.63, 3.8) is 0 Å². The average Bonchev–Trinajstić information content (AvgIpc) is 3.34. The molecule has 4 heterocycles. The fourth-order valence-corrected chi connectivity index (χ4v) is 4.41. The monoisotopic (exact) mass is 512 g/mol. The SMILES string of the molecule is Cc1ncc(NC(=O)CN2CCCCC2)cc1NC(=O)c1cnn2cc(-c3ccc(C#N)c(F)c3)ncc12. The van der Waals surface area contributed by atoms with Crippen molar-refractivity contribution in [3.8, 4) is 17.3 Å². The molecule has 11 heteroatoms. The molecule has 0 aliphatic carbocycles. The quantitative estimate of drug-likeness (QED) is 0.402. The van der Waals surface area contributed by atoms with Gasteiger partial charge in [0.25, 0.3) is 5.91 Å². The number of hydrogen-bond acceptors (Lipinski definition) is 7. The van der Waals surface area contributed by atoms with Gasteiger partial charge in [0.05, 0.1) is 70.7 Å². The average molecular weight is 513 g/mol. The number of benzene rings is 1. The number of pyridine rings is 1. The number of anilines is 2. The highest BCUT2D eigenvalue weighted by Crippen LogP contribution is 2.23. The summed E-state index contributed by atoms with van der Waals surface area (Å²) in [5.74, 6) is -1.18. The Hall–Kier alpha value is -4.69. The van der Waals surface area contributed by atoms with Gasteiger partial charge < -0.3 is 10.6 Å². The number of nitrogens with one attached hydrogen (secondary N) is 2. The van der Waals surface area contributed by atoms with E-state index in [0.717, 1.165) is 25.9 Å². The Morgan fingerprint density at radius 1 is 1.08 bits per heavy atom. The Morgan fingerprint density at radius 3 is 2.66 bits per heavy atom. The molecular formula is C27H25FN8O2. The molecule has 192 valence electrons. The highest BCUT2D eigenvalue weighted by atomic mass is 19.1. The van der Waals surface area contributed by atoms with Crippen LogP contribution in [-0.4, -0.2) is 55.9 Å². The fourth-order valence-electron chi connectivity index (χ4n) is 4.41. The molecule has 3 aromatic heterocycles. The maximum absolute atomic E-state index is 14.0. The summed E-state index contributed by atoms with van der Waals surface area (Å²) in [7, 11) is 0. The van der Waals surface area contributed by atoms with E-state index in [-0.39, 0.29) is 17.0 Å². The van der Waals surface area contributed by atoms with E-state index in [1.807, 2.05) is 0 Å². The summed E-state index contributed by atoms with van der Waals surface area (Å²) in [4.78, 5) is 36.4. The van der Waals surface area contributed by atoms with Crippen LogP contribution in [0, 0.1) is 24.1 Å². The number of carbonyl (C=O) groups is 2. The number of rotatable bonds is 6. The zero-order chi connectivity index (χ0) is 26.6.